The van der Waals surface area contributed by atoms with Crippen LogP contribution < -0.4 is 4.90 Å². The number of carboxylic acid groups (broad SMARTS) is 1. The molecule has 1 fully saturated rings. The van der Waals surface area contributed by atoms with Gasteiger partial charge >= 0.3 is 5.97 Å². The predicted molar refractivity (Wildman–Crippen MR) is 65.2 cm³/mol. The second kappa shape index (κ2) is 4.37. The molecule has 4 heteroatoms. The molecular formula is C13H17NO3. The number of hydrogen-bond donors (Lipinski definition) is 2. The van der Waals surface area contributed by atoms with E-state index >= 15 is 0 Å². The van der Waals surface area contributed by atoms with E-state index < -0.39 is 11.6 Å². The number of nitrogens with zero attached hydrogens (tertiary/aromatic N) is 1. The maximum Gasteiger partial charge on any atom is 0.306 e. The number of β-amino-alcohol motifs (C(OH)–C–C–N with tert-alkyl or cyclic N) is 1. The Hall–Kier alpha value is -1.55. The van der Waals surface area contributed by atoms with Gasteiger partial charge in [0.05, 0.1) is 12.0 Å². The highest BCUT2D eigenvalue weighted by atomic mass is 16.4. The van der Waals surface area contributed by atoms with Crippen molar-refractivity contribution in [1.29, 1.82) is 0 Å². The van der Waals surface area contributed by atoms with Gasteiger partial charge in [-0.2, -0.15) is 0 Å². The van der Waals surface area contributed by atoms with E-state index in [1.807, 2.05) is 36.1 Å². The monoisotopic (exact) mass is 235 g/mol. The van der Waals surface area contributed by atoms with E-state index in [1.54, 1.807) is 0 Å². The zero-order valence-corrected chi connectivity index (χ0v) is 9.89. The molecule has 1 atom stereocenters. The van der Waals surface area contributed by atoms with Crippen LogP contribution in [0.15, 0.2) is 24.3 Å². The van der Waals surface area contributed by atoms with E-state index in [1.165, 1.54) is 5.56 Å². The first-order valence-electron chi connectivity index (χ1n) is 5.74. The highest BCUT2D eigenvalue weighted by molar-refractivity contribution is 5.68. The molecule has 1 aliphatic heterocycles. The Balaban J connectivity index is 2.07. The van der Waals surface area contributed by atoms with Crippen LogP contribution in [0, 0.1) is 6.92 Å². The van der Waals surface area contributed by atoms with Gasteiger partial charge in [-0.1, -0.05) is 17.7 Å². The van der Waals surface area contributed by atoms with Crippen LogP contribution in [0.25, 0.3) is 0 Å². The minimum atomic E-state index is -1.09. The largest absolute Gasteiger partial charge is 0.481 e. The van der Waals surface area contributed by atoms with Gasteiger partial charge in [-0.25, -0.2) is 0 Å². The number of benzene rings is 1. The highest BCUT2D eigenvalue weighted by Crippen LogP contribution is 2.29. The maximum atomic E-state index is 10.7. The summed E-state index contributed by atoms with van der Waals surface area (Å²) < 4.78 is 0. The average Bonchev–Trinajstić information content (AvgIpc) is 2.60. The van der Waals surface area contributed by atoms with Crippen LogP contribution in [0.2, 0.25) is 0 Å². The fourth-order valence-electron chi connectivity index (χ4n) is 2.26. The van der Waals surface area contributed by atoms with Crippen molar-refractivity contribution in [3.8, 4) is 0 Å². The summed E-state index contributed by atoms with van der Waals surface area (Å²) in [7, 11) is 0. The molecule has 0 spiro atoms. The number of aliphatic hydroxyl groups is 1. The van der Waals surface area contributed by atoms with Crippen LogP contribution >= 0.6 is 0 Å². The fraction of sp³-hybridized carbons (Fsp3) is 0.462. The molecule has 2 rings (SSSR count). The normalized spacial score (nSPS) is 24.0. The van der Waals surface area contributed by atoms with Crippen LogP contribution in [0.1, 0.15) is 18.4 Å². The van der Waals surface area contributed by atoms with Crippen LogP contribution in [-0.2, 0) is 4.79 Å². The van der Waals surface area contributed by atoms with Crippen molar-refractivity contribution in [2.75, 3.05) is 18.0 Å². The lowest BCUT2D eigenvalue weighted by atomic mass is 9.99. The van der Waals surface area contributed by atoms with E-state index in [-0.39, 0.29) is 6.42 Å². The van der Waals surface area contributed by atoms with Crippen molar-refractivity contribution < 1.29 is 15.0 Å². The van der Waals surface area contributed by atoms with Crippen molar-refractivity contribution in [3.05, 3.63) is 29.8 Å². The minimum absolute atomic E-state index is 0.185. The van der Waals surface area contributed by atoms with Crippen molar-refractivity contribution in [2.45, 2.75) is 25.4 Å². The van der Waals surface area contributed by atoms with Gasteiger partial charge in [-0.05, 0) is 25.5 Å². The van der Waals surface area contributed by atoms with Gasteiger partial charge in [0.2, 0.25) is 0 Å². The van der Waals surface area contributed by atoms with Crippen molar-refractivity contribution in [1.82, 2.24) is 0 Å². The SMILES string of the molecule is Cc1ccc(N2CCC(O)(CC(=O)O)C2)cc1. The zero-order chi connectivity index (χ0) is 12.5. The van der Waals surface area contributed by atoms with E-state index in [4.69, 9.17) is 5.11 Å². The summed E-state index contributed by atoms with van der Waals surface area (Å²) in [5, 5.41) is 18.9. The van der Waals surface area contributed by atoms with Gasteiger partial charge in [0.15, 0.2) is 0 Å². The Morgan fingerprint density at radius 3 is 2.65 bits per heavy atom. The number of hydrogen-bond acceptors (Lipinski definition) is 3. The summed E-state index contributed by atoms with van der Waals surface area (Å²) in [5.41, 5.74) is 1.14. The third-order valence-corrected chi connectivity index (χ3v) is 3.21. The van der Waals surface area contributed by atoms with Crippen LogP contribution in [0.3, 0.4) is 0 Å². The minimum Gasteiger partial charge on any atom is -0.481 e. The molecule has 0 bridgehead atoms. The molecule has 2 N–H and O–H groups in total. The molecule has 0 aliphatic carbocycles. The number of aliphatic carboxylic acids is 1. The standard InChI is InChI=1S/C13H17NO3/c1-10-2-4-11(5-3-10)14-7-6-13(17,9-14)8-12(15)16/h2-5,17H,6-9H2,1H3,(H,15,16). The van der Waals surface area contributed by atoms with Gasteiger partial charge < -0.3 is 15.1 Å². The first kappa shape index (κ1) is 11.9. The van der Waals surface area contributed by atoms with Gasteiger partial charge in [-0.15, -0.1) is 0 Å². The molecule has 1 aliphatic rings. The van der Waals surface area contributed by atoms with E-state index in [0.29, 0.717) is 19.5 Å². The molecule has 0 saturated carbocycles. The Labute approximate surface area is 100 Å². The Morgan fingerprint density at radius 2 is 2.06 bits per heavy atom. The van der Waals surface area contributed by atoms with Gasteiger partial charge in [0, 0.05) is 18.8 Å². The molecular weight excluding hydrogens is 218 g/mol. The molecule has 4 nitrogen and oxygen atoms in total. The summed E-state index contributed by atoms with van der Waals surface area (Å²) in [6, 6.07) is 8.04. The van der Waals surface area contributed by atoms with Crippen LogP contribution in [-0.4, -0.2) is 34.9 Å². The van der Waals surface area contributed by atoms with Crippen molar-refractivity contribution in [3.63, 3.8) is 0 Å². The topological polar surface area (TPSA) is 60.8 Å². The van der Waals surface area contributed by atoms with Crippen LogP contribution in [0.4, 0.5) is 5.69 Å². The molecule has 1 unspecified atom stereocenters. The molecule has 17 heavy (non-hydrogen) atoms. The molecule has 0 aromatic heterocycles. The molecule has 0 amide bonds. The van der Waals surface area contributed by atoms with Gasteiger partial charge in [0.1, 0.15) is 0 Å². The predicted octanol–water partition coefficient (Wildman–Crippen LogP) is 1.41. The molecule has 1 heterocycles. The van der Waals surface area contributed by atoms with Gasteiger partial charge in [0.25, 0.3) is 0 Å². The number of anilines is 1. The molecule has 1 saturated heterocycles. The second-order valence-corrected chi connectivity index (χ2v) is 4.80. The third-order valence-electron chi connectivity index (χ3n) is 3.21. The summed E-state index contributed by atoms with van der Waals surface area (Å²) in [6.45, 7) is 3.11. The maximum absolute atomic E-state index is 10.7. The van der Waals surface area contributed by atoms with Gasteiger partial charge in [-0.3, -0.25) is 4.79 Å². The quantitative estimate of drug-likeness (QED) is 0.831. The van der Waals surface area contributed by atoms with E-state index in [9.17, 15) is 9.90 Å². The third kappa shape index (κ3) is 2.77. The highest BCUT2D eigenvalue weighted by Gasteiger charge is 2.38. The molecule has 92 valence electrons. The molecule has 0 radical (unpaired) electrons. The summed E-state index contributed by atoms with van der Waals surface area (Å²) in [4.78, 5) is 12.7. The van der Waals surface area contributed by atoms with Crippen molar-refractivity contribution in [2.24, 2.45) is 0 Å². The molecule has 1 aromatic carbocycles. The fourth-order valence-corrected chi connectivity index (χ4v) is 2.26. The smallest absolute Gasteiger partial charge is 0.306 e. The number of carboxylic acids is 1. The first-order valence-corrected chi connectivity index (χ1v) is 5.74. The Kier molecular flexibility index (Phi) is 3.07. The lowest BCUT2D eigenvalue weighted by Gasteiger charge is -2.22. The van der Waals surface area contributed by atoms with Crippen LogP contribution in [0.5, 0.6) is 0 Å². The second-order valence-electron chi connectivity index (χ2n) is 4.80. The number of rotatable bonds is 3. The average molecular weight is 235 g/mol. The summed E-state index contributed by atoms with van der Waals surface area (Å²) in [5.74, 6) is -0.946. The summed E-state index contributed by atoms with van der Waals surface area (Å²) >= 11 is 0. The van der Waals surface area contributed by atoms with Crippen molar-refractivity contribution >= 4 is 11.7 Å². The Morgan fingerprint density at radius 1 is 1.41 bits per heavy atom. The first-order chi connectivity index (χ1) is 7.98. The lowest BCUT2D eigenvalue weighted by Crippen LogP contribution is -2.35. The number of aryl methyl sites for hydroxylation is 1. The summed E-state index contributed by atoms with van der Waals surface area (Å²) in [6.07, 6.45) is 0.322. The molecule has 1 aromatic rings. The van der Waals surface area contributed by atoms with E-state index in [0.717, 1.165) is 5.69 Å². The zero-order valence-electron chi connectivity index (χ0n) is 9.89. The van der Waals surface area contributed by atoms with E-state index in [2.05, 4.69) is 0 Å². The lowest BCUT2D eigenvalue weighted by molar-refractivity contribution is -0.141. The Bertz CT molecular complexity index is 415. The number of carbonyl (C=O) groups is 1.